The Morgan fingerprint density at radius 3 is 2.47 bits per heavy atom. The minimum Gasteiger partial charge on any atom is -0.306 e. The summed E-state index contributed by atoms with van der Waals surface area (Å²) in [5.74, 6) is -0.271. The highest BCUT2D eigenvalue weighted by Gasteiger charge is 2.17. The number of aromatic nitrogens is 1. The lowest BCUT2D eigenvalue weighted by atomic mass is 9.96. The van der Waals surface area contributed by atoms with Crippen molar-refractivity contribution in [3.63, 3.8) is 0 Å². The molecule has 1 aromatic heterocycles. The number of hydrogen-bond donors (Lipinski definition) is 1. The van der Waals surface area contributed by atoms with Gasteiger partial charge in [-0.3, -0.25) is 4.98 Å². The van der Waals surface area contributed by atoms with Crippen molar-refractivity contribution in [2.45, 2.75) is 26.8 Å². The number of pyridine rings is 1. The van der Waals surface area contributed by atoms with E-state index >= 15 is 0 Å². The quantitative estimate of drug-likeness (QED) is 0.907. The molecule has 19 heavy (non-hydrogen) atoms. The van der Waals surface area contributed by atoms with Gasteiger partial charge in [0.25, 0.3) is 0 Å². The monoisotopic (exact) mass is 258 g/mol. The lowest BCUT2D eigenvalue weighted by molar-refractivity contribution is 0.554. The van der Waals surface area contributed by atoms with E-state index in [1.54, 1.807) is 12.3 Å². The van der Waals surface area contributed by atoms with Crippen LogP contribution in [0.4, 0.5) is 4.39 Å². The number of aryl methyl sites for hydroxylation is 2. The first-order chi connectivity index (χ1) is 9.11. The van der Waals surface area contributed by atoms with Crippen molar-refractivity contribution in [1.82, 2.24) is 10.3 Å². The molecule has 0 aliphatic heterocycles. The molecule has 1 atom stereocenters. The van der Waals surface area contributed by atoms with E-state index in [0.717, 1.165) is 12.1 Å². The summed E-state index contributed by atoms with van der Waals surface area (Å²) in [6.45, 7) is 6.92. The van der Waals surface area contributed by atoms with Gasteiger partial charge < -0.3 is 5.32 Å². The minimum atomic E-state index is -0.271. The van der Waals surface area contributed by atoms with Gasteiger partial charge in [0.15, 0.2) is 0 Å². The molecule has 2 nitrogen and oxygen atoms in total. The van der Waals surface area contributed by atoms with Crippen LogP contribution in [0.2, 0.25) is 0 Å². The van der Waals surface area contributed by atoms with Gasteiger partial charge in [-0.25, -0.2) is 4.39 Å². The first kappa shape index (κ1) is 13.7. The zero-order chi connectivity index (χ0) is 13.8. The number of benzene rings is 1. The van der Waals surface area contributed by atoms with E-state index in [9.17, 15) is 4.39 Å². The zero-order valence-corrected chi connectivity index (χ0v) is 11.6. The van der Waals surface area contributed by atoms with E-state index in [1.165, 1.54) is 17.3 Å². The molecule has 1 N–H and O–H groups in total. The smallest absolute Gasteiger partial charge is 0.146 e. The topological polar surface area (TPSA) is 24.9 Å². The van der Waals surface area contributed by atoms with Crippen LogP contribution in [-0.2, 0) is 0 Å². The Labute approximate surface area is 113 Å². The molecule has 0 fully saturated rings. The van der Waals surface area contributed by atoms with Gasteiger partial charge in [-0.2, -0.15) is 0 Å². The second kappa shape index (κ2) is 5.93. The fraction of sp³-hybridized carbons (Fsp3) is 0.312. The van der Waals surface area contributed by atoms with Crippen LogP contribution in [-0.4, -0.2) is 11.5 Å². The second-order valence-electron chi connectivity index (χ2n) is 4.81. The van der Waals surface area contributed by atoms with Gasteiger partial charge in [-0.1, -0.05) is 36.2 Å². The number of rotatable bonds is 4. The first-order valence-corrected chi connectivity index (χ1v) is 6.52. The molecule has 1 aromatic carbocycles. The Bertz CT molecular complexity index is 546. The van der Waals surface area contributed by atoms with Gasteiger partial charge in [0.05, 0.1) is 12.2 Å². The Morgan fingerprint density at radius 1 is 1.21 bits per heavy atom. The van der Waals surface area contributed by atoms with Crippen molar-refractivity contribution in [2.24, 2.45) is 0 Å². The van der Waals surface area contributed by atoms with Gasteiger partial charge in [0.1, 0.15) is 5.82 Å². The molecule has 2 rings (SSSR count). The summed E-state index contributed by atoms with van der Waals surface area (Å²) >= 11 is 0. The maximum absolute atomic E-state index is 13.9. The lowest BCUT2D eigenvalue weighted by Gasteiger charge is -2.20. The third-order valence-corrected chi connectivity index (χ3v) is 3.10. The molecule has 0 amide bonds. The highest BCUT2D eigenvalue weighted by atomic mass is 19.1. The summed E-state index contributed by atoms with van der Waals surface area (Å²) in [4.78, 5) is 3.81. The number of nitrogens with zero attached hydrogens (tertiary/aromatic N) is 1. The Balaban J connectivity index is 2.48. The van der Waals surface area contributed by atoms with Crippen molar-refractivity contribution in [2.75, 3.05) is 6.54 Å². The van der Waals surface area contributed by atoms with Crippen LogP contribution in [0, 0.1) is 19.7 Å². The summed E-state index contributed by atoms with van der Waals surface area (Å²) in [6.07, 6.45) is 2.90. The average Bonchev–Trinajstić information content (AvgIpc) is 2.36. The lowest BCUT2D eigenvalue weighted by Crippen LogP contribution is -2.23. The van der Waals surface area contributed by atoms with Crippen molar-refractivity contribution in [1.29, 1.82) is 0 Å². The molecule has 0 saturated heterocycles. The number of halogens is 1. The summed E-state index contributed by atoms with van der Waals surface area (Å²) in [7, 11) is 0. The highest BCUT2D eigenvalue weighted by Crippen LogP contribution is 2.25. The highest BCUT2D eigenvalue weighted by molar-refractivity contribution is 5.36. The molecule has 2 aromatic rings. The van der Waals surface area contributed by atoms with Crippen molar-refractivity contribution in [3.8, 4) is 0 Å². The molecule has 0 aliphatic carbocycles. The van der Waals surface area contributed by atoms with E-state index < -0.39 is 0 Å². The Kier molecular flexibility index (Phi) is 4.27. The summed E-state index contributed by atoms with van der Waals surface area (Å²) in [5, 5.41) is 3.34. The fourth-order valence-electron chi connectivity index (χ4n) is 2.41. The van der Waals surface area contributed by atoms with Crippen LogP contribution in [0.25, 0.3) is 0 Å². The molecule has 1 unspecified atom stereocenters. The maximum atomic E-state index is 13.9. The molecule has 0 spiro atoms. The Morgan fingerprint density at radius 2 is 1.89 bits per heavy atom. The first-order valence-electron chi connectivity index (χ1n) is 6.52. The Hall–Kier alpha value is -1.74. The number of hydrogen-bond acceptors (Lipinski definition) is 2. The van der Waals surface area contributed by atoms with Gasteiger partial charge in [0.2, 0.25) is 0 Å². The van der Waals surface area contributed by atoms with E-state index in [4.69, 9.17) is 0 Å². The molecule has 0 saturated carbocycles. The third-order valence-electron chi connectivity index (χ3n) is 3.10. The zero-order valence-electron chi connectivity index (χ0n) is 11.6. The summed E-state index contributed by atoms with van der Waals surface area (Å²) in [6, 6.07) is 7.92. The SMILES string of the molecule is CCNC(c1cc(C)cc(C)c1)c1ccncc1F. The maximum Gasteiger partial charge on any atom is 0.146 e. The van der Waals surface area contributed by atoms with Gasteiger partial charge in [0, 0.05) is 11.8 Å². The molecule has 0 bridgehead atoms. The molecule has 100 valence electrons. The van der Waals surface area contributed by atoms with E-state index in [1.807, 2.05) is 6.92 Å². The molecule has 0 aliphatic rings. The van der Waals surface area contributed by atoms with Crippen LogP contribution < -0.4 is 5.32 Å². The van der Waals surface area contributed by atoms with Crippen LogP contribution in [0.3, 0.4) is 0 Å². The van der Waals surface area contributed by atoms with Crippen LogP contribution in [0.15, 0.2) is 36.7 Å². The van der Waals surface area contributed by atoms with Crippen LogP contribution >= 0.6 is 0 Å². The van der Waals surface area contributed by atoms with Crippen LogP contribution in [0.1, 0.15) is 35.2 Å². The van der Waals surface area contributed by atoms with E-state index in [2.05, 4.69) is 42.3 Å². The summed E-state index contributed by atoms with van der Waals surface area (Å²) < 4.78 is 13.9. The van der Waals surface area contributed by atoms with Crippen molar-refractivity contribution < 1.29 is 4.39 Å². The predicted octanol–water partition coefficient (Wildman–Crippen LogP) is 3.54. The normalized spacial score (nSPS) is 12.4. The van der Waals surface area contributed by atoms with Gasteiger partial charge >= 0.3 is 0 Å². The van der Waals surface area contributed by atoms with Crippen molar-refractivity contribution in [3.05, 3.63) is 64.7 Å². The van der Waals surface area contributed by atoms with E-state index in [0.29, 0.717) is 5.56 Å². The van der Waals surface area contributed by atoms with Crippen LogP contribution in [0.5, 0.6) is 0 Å². The molecular weight excluding hydrogens is 239 g/mol. The standard InChI is InChI=1S/C16H19FN2/c1-4-19-16(14-5-6-18-10-15(14)17)13-8-11(2)7-12(3)9-13/h5-10,16,19H,4H2,1-3H3. The molecule has 3 heteroatoms. The molecular formula is C16H19FN2. The second-order valence-corrected chi connectivity index (χ2v) is 4.81. The number of nitrogens with one attached hydrogen (secondary N) is 1. The molecule has 1 heterocycles. The van der Waals surface area contributed by atoms with Gasteiger partial charge in [-0.05, 0) is 32.0 Å². The van der Waals surface area contributed by atoms with Crippen molar-refractivity contribution >= 4 is 0 Å². The average molecular weight is 258 g/mol. The predicted molar refractivity (Wildman–Crippen MR) is 75.6 cm³/mol. The minimum absolute atomic E-state index is 0.133. The largest absolute Gasteiger partial charge is 0.306 e. The summed E-state index contributed by atoms with van der Waals surface area (Å²) in [5.41, 5.74) is 4.10. The van der Waals surface area contributed by atoms with E-state index in [-0.39, 0.29) is 11.9 Å². The molecule has 0 radical (unpaired) electrons. The fourth-order valence-corrected chi connectivity index (χ4v) is 2.41. The third kappa shape index (κ3) is 3.18. The van der Waals surface area contributed by atoms with Gasteiger partial charge in [-0.15, -0.1) is 0 Å².